The Morgan fingerprint density at radius 1 is 1.30 bits per heavy atom. The first-order chi connectivity index (χ1) is 12.9. The second-order valence-corrected chi connectivity index (χ2v) is 8.28. The van der Waals surface area contributed by atoms with Gasteiger partial charge in [-0.25, -0.2) is 4.98 Å². The van der Waals surface area contributed by atoms with Crippen molar-refractivity contribution in [2.75, 3.05) is 33.5 Å². The van der Waals surface area contributed by atoms with E-state index in [1.807, 2.05) is 6.07 Å². The van der Waals surface area contributed by atoms with Gasteiger partial charge in [0.05, 0.1) is 36.5 Å². The Balaban J connectivity index is 1.80. The molecule has 1 aliphatic rings. The molecule has 2 aromatic heterocycles. The smallest absolute Gasteiger partial charge is 0.259 e. The highest BCUT2D eigenvalue weighted by molar-refractivity contribution is 6.06. The normalized spacial score (nSPS) is 14.7. The number of nitrogens with one attached hydrogen (secondary N) is 1. The van der Waals surface area contributed by atoms with Gasteiger partial charge in [0.1, 0.15) is 0 Å². The Labute approximate surface area is 159 Å². The zero-order valence-corrected chi connectivity index (χ0v) is 16.6. The molecule has 7 heteroatoms. The van der Waals surface area contributed by atoms with E-state index in [2.05, 4.69) is 36.2 Å². The summed E-state index contributed by atoms with van der Waals surface area (Å²) >= 11 is 0. The highest BCUT2D eigenvalue weighted by atomic mass is 16.5. The quantitative estimate of drug-likeness (QED) is 0.678. The van der Waals surface area contributed by atoms with Crippen LogP contribution in [0.25, 0.3) is 11.1 Å². The average molecular weight is 375 g/mol. The van der Waals surface area contributed by atoms with Gasteiger partial charge in [0.2, 0.25) is 0 Å². The summed E-state index contributed by atoms with van der Waals surface area (Å²) in [5, 5.41) is 7.88. The number of methoxy groups -OCH3 is 1. The van der Waals surface area contributed by atoms with Gasteiger partial charge in [-0.1, -0.05) is 25.9 Å². The number of ether oxygens (including phenoxy) is 2. The van der Waals surface area contributed by atoms with Gasteiger partial charge in [-0.2, -0.15) is 0 Å². The van der Waals surface area contributed by atoms with Crippen LogP contribution in [-0.4, -0.2) is 49.5 Å². The average Bonchev–Trinajstić information content (AvgIpc) is 3.39. The van der Waals surface area contributed by atoms with Crippen molar-refractivity contribution >= 4 is 17.0 Å². The van der Waals surface area contributed by atoms with Gasteiger partial charge >= 0.3 is 0 Å². The molecule has 7 nitrogen and oxygen atoms in total. The molecule has 0 aromatic carbocycles. The molecule has 1 aliphatic carbocycles. The van der Waals surface area contributed by atoms with Crippen molar-refractivity contribution in [2.45, 2.75) is 46.0 Å². The van der Waals surface area contributed by atoms with Gasteiger partial charge in [-0.15, -0.1) is 0 Å². The molecule has 1 amide bonds. The van der Waals surface area contributed by atoms with Crippen LogP contribution in [0.3, 0.4) is 0 Å². The molecule has 1 saturated carbocycles. The van der Waals surface area contributed by atoms with Crippen LogP contribution in [0.15, 0.2) is 10.6 Å². The van der Waals surface area contributed by atoms with E-state index in [0.717, 1.165) is 29.6 Å². The van der Waals surface area contributed by atoms with E-state index in [4.69, 9.17) is 14.0 Å². The molecule has 0 radical (unpaired) electrons. The maximum atomic E-state index is 12.9. The number of hydrogen-bond acceptors (Lipinski definition) is 6. The van der Waals surface area contributed by atoms with Crippen LogP contribution in [0.2, 0.25) is 0 Å². The van der Waals surface area contributed by atoms with Crippen molar-refractivity contribution < 1.29 is 18.8 Å². The van der Waals surface area contributed by atoms with Crippen LogP contribution in [0.4, 0.5) is 0 Å². The first kappa shape index (κ1) is 19.8. The van der Waals surface area contributed by atoms with Gasteiger partial charge in [0.15, 0.2) is 0 Å². The molecular formula is C20H29N3O4. The van der Waals surface area contributed by atoms with Crippen molar-refractivity contribution in [1.82, 2.24) is 15.5 Å². The molecule has 0 saturated heterocycles. The molecule has 2 heterocycles. The summed E-state index contributed by atoms with van der Waals surface area (Å²) in [6.07, 6.45) is 2.93. The molecule has 1 N–H and O–H groups in total. The number of fused-ring (bicyclic) bond motifs is 1. The highest BCUT2D eigenvalue weighted by Gasteiger charge is 2.29. The minimum absolute atomic E-state index is 0.0297. The summed E-state index contributed by atoms with van der Waals surface area (Å²) in [5.41, 5.74) is 2.79. The lowest BCUT2D eigenvalue weighted by Gasteiger charge is -2.16. The molecule has 0 spiro atoms. The molecule has 27 heavy (non-hydrogen) atoms. The van der Waals surface area contributed by atoms with Crippen LogP contribution in [0.1, 0.15) is 61.3 Å². The lowest BCUT2D eigenvalue weighted by molar-refractivity contribution is 0.0693. The van der Waals surface area contributed by atoms with E-state index >= 15 is 0 Å². The number of carbonyl (C=O) groups excluding carboxylic acids is 1. The number of hydrogen-bond donors (Lipinski definition) is 1. The fourth-order valence-corrected chi connectivity index (χ4v) is 3.00. The molecule has 0 atom stereocenters. The van der Waals surface area contributed by atoms with Crippen molar-refractivity contribution in [1.29, 1.82) is 0 Å². The summed E-state index contributed by atoms with van der Waals surface area (Å²) < 4.78 is 15.8. The number of pyridine rings is 1. The molecule has 2 aromatic rings. The van der Waals surface area contributed by atoms with Crippen LogP contribution in [-0.2, 0) is 15.9 Å². The fraction of sp³-hybridized carbons (Fsp3) is 0.650. The van der Waals surface area contributed by atoms with Gasteiger partial charge in [-0.05, 0) is 30.7 Å². The largest absolute Gasteiger partial charge is 0.382 e. The van der Waals surface area contributed by atoms with Crippen molar-refractivity contribution in [3.8, 4) is 0 Å². The maximum absolute atomic E-state index is 12.9. The Kier molecular flexibility index (Phi) is 6.11. The minimum Gasteiger partial charge on any atom is -0.382 e. The molecule has 0 bridgehead atoms. The highest BCUT2D eigenvalue weighted by Crippen LogP contribution is 2.40. The van der Waals surface area contributed by atoms with E-state index in [-0.39, 0.29) is 11.3 Å². The van der Waals surface area contributed by atoms with Crippen LogP contribution in [0.5, 0.6) is 0 Å². The Morgan fingerprint density at radius 2 is 2.07 bits per heavy atom. The Bertz CT molecular complexity index is 790. The van der Waals surface area contributed by atoms with E-state index < -0.39 is 0 Å². The summed E-state index contributed by atoms with van der Waals surface area (Å²) in [7, 11) is 1.63. The summed E-state index contributed by atoms with van der Waals surface area (Å²) in [6, 6.07) is 1.91. The van der Waals surface area contributed by atoms with E-state index in [0.29, 0.717) is 50.0 Å². The zero-order valence-electron chi connectivity index (χ0n) is 16.6. The van der Waals surface area contributed by atoms with Gasteiger partial charge < -0.3 is 19.3 Å². The van der Waals surface area contributed by atoms with Crippen molar-refractivity contribution in [2.24, 2.45) is 5.41 Å². The third-order valence-electron chi connectivity index (χ3n) is 4.44. The molecule has 0 unspecified atom stereocenters. The SMILES string of the molecule is COCCOCCNC(=O)c1cc(C2CC2)nc2onc(CC(C)(C)C)c12. The van der Waals surface area contributed by atoms with Gasteiger partial charge in [-0.3, -0.25) is 4.79 Å². The first-order valence-corrected chi connectivity index (χ1v) is 9.53. The molecule has 0 aliphatic heterocycles. The van der Waals surface area contributed by atoms with Crippen LogP contribution < -0.4 is 5.32 Å². The number of carbonyl (C=O) groups is 1. The molecular weight excluding hydrogens is 346 g/mol. The lowest BCUT2D eigenvalue weighted by Crippen LogP contribution is -2.28. The minimum atomic E-state index is -0.141. The van der Waals surface area contributed by atoms with E-state index in [9.17, 15) is 4.79 Å². The Morgan fingerprint density at radius 3 is 2.74 bits per heavy atom. The zero-order chi connectivity index (χ0) is 19.4. The summed E-state index contributed by atoms with van der Waals surface area (Å²) in [5.74, 6) is 0.285. The lowest BCUT2D eigenvalue weighted by atomic mass is 9.89. The second kappa shape index (κ2) is 8.35. The topological polar surface area (TPSA) is 86.5 Å². The number of aromatic nitrogens is 2. The molecule has 148 valence electrons. The van der Waals surface area contributed by atoms with Gasteiger partial charge in [0.25, 0.3) is 11.6 Å². The van der Waals surface area contributed by atoms with Crippen LogP contribution >= 0.6 is 0 Å². The predicted octanol–water partition coefficient (Wildman–Crippen LogP) is 3.08. The van der Waals surface area contributed by atoms with Crippen molar-refractivity contribution in [3.05, 3.63) is 23.0 Å². The van der Waals surface area contributed by atoms with Crippen LogP contribution in [0, 0.1) is 5.41 Å². The third kappa shape index (κ3) is 5.26. The summed E-state index contributed by atoms with van der Waals surface area (Å²) in [4.78, 5) is 17.5. The van der Waals surface area contributed by atoms with E-state index in [1.165, 1.54) is 0 Å². The third-order valence-corrected chi connectivity index (χ3v) is 4.44. The van der Waals surface area contributed by atoms with Crippen molar-refractivity contribution in [3.63, 3.8) is 0 Å². The Hall–Kier alpha value is -1.99. The second-order valence-electron chi connectivity index (χ2n) is 8.28. The standard InChI is InChI=1S/C20H29N3O4/c1-20(2,3)12-16-17-14(18(24)21-7-8-26-10-9-25-4)11-15(13-5-6-13)22-19(17)27-23-16/h11,13H,5-10,12H2,1-4H3,(H,21,24). The molecule has 3 rings (SSSR count). The molecule has 1 fully saturated rings. The van der Waals surface area contributed by atoms with E-state index in [1.54, 1.807) is 7.11 Å². The fourth-order valence-electron chi connectivity index (χ4n) is 3.00. The van der Waals surface area contributed by atoms with Gasteiger partial charge in [0, 0.05) is 25.3 Å². The summed E-state index contributed by atoms with van der Waals surface area (Å²) in [6.45, 7) is 8.34. The predicted molar refractivity (Wildman–Crippen MR) is 102 cm³/mol. The number of rotatable bonds is 9. The number of nitrogens with zero attached hydrogens (tertiary/aromatic N) is 2. The number of amides is 1. The monoisotopic (exact) mass is 375 g/mol. The maximum Gasteiger partial charge on any atom is 0.259 e. The first-order valence-electron chi connectivity index (χ1n) is 9.53.